The first-order valence-corrected chi connectivity index (χ1v) is 10.7. The first-order valence-electron chi connectivity index (χ1n) is 10.7. The van der Waals surface area contributed by atoms with Gasteiger partial charge >= 0.3 is 6.18 Å². The van der Waals surface area contributed by atoms with Crippen LogP contribution in [0.2, 0.25) is 0 Å². The monoisotopic (exact) mass is 419 g/mol. The zero-order chi connectivity index (χ0) is 21.5. The Morgan fingerprint density at radius 3 is 2.63 bits per heavy atom. The first-order chi connectivity index (χ1) is 14.2. The van der Waals surface area contributed by atoms with E-state index in [9.17, 15) is 13.2 Å². The molecule has 162 valence electrons. The maximum Gasteiger partial charge on any atom is 0.391 e. The van der Waals surface area contributed by atoms with Gasteiger partial charge < -0.3 is 0 Å². The Morgan fingerprint density at radius 1 is 1.23 bits per heavy atom. The van der Waals surface area contributed by atoms with E-state index in [0.29, 0.717) is 19.4 Å². The van der Waals surface area contributed by atoms with Crippen molar-refractivity contribution in [1.82, 2.24) is 19.5 Å². The van der Waals surface area contributed by atoms with Gasteiger partial charge in [0.15, 0.2) is 5.65 Å². The van der Waals surface area contributed by atoms with Gasteiger partial charge in [0.25, 0.3) is 0 Å². The number of piperidine rings is 1. The molecule has 0 aromatic carbocycles. The van der Waals surface area contributed by atoms with Crippen LogP contribution in [0.15, 0.2) is 12.1 Å². The number of fused-ring (bicyclic) bond motifs is 1. The van der Waals surface area contributed by atoms with Crippen molar-refractivity contribution in [3.63, 3.8) is 0 Å². The van der Waals surface area contributed by atoms with Crippen molar-refractivity contribution in [1.29, 1.82) is 5.26 Å². The Labute approximate surface area is 174 Å². The lowest BCUT2D eigenvalue weighted by Gasteiger charge is -2.39. The van der Waals surface area contributed by atoms with Crippen LogP contribution in [0.1, 0.15) is 68.4 Å². The Hall–Kier alpha value is -2.14. The predicted octanol–water partition coefficient (Wildman–Crippen LogP) is 4.75. The molecule has 3 heterocycles. The molecule has 1 aliphatic carbocycles. The third kappa shape index (κ3) is 4.04. The van der Waals surface area contributed by atoms with Gasteiger partial charge in [-0.05, 0) is 58.1 Å². The molecule has 0 N–H and O–H groups in total. The molecule has 2 aromatic rings. The van der Waals surface area contributed by atoms with Crippen LogP contribution in [0.5, 0.6) is 0 Å². The number of nitrogens with zero attached hydrogens (tertiary/aromatic N) is 5. The SMILES string of the molecule is Cc1cc([C@]2(C)CCCN(CC#N)C2)n2nc(C3CCC(C(F)(F)F)CC3)cc2n1. The molecule has 2 aromatic heterocycles. The topological polar surface area (TPSA) is 57.2 Å². The Bertz CT molecular complexity index is 952. The Balaban J connectivity index is 1.63. The molecule has 1 saturated heterocycles. The number of nitriles is 1. The van der Waals surface area contributed by atoms with Gasteiger partial charge in [-0.2, -0.15) is 23.5 Å². The van der Waals surface area contributed by atoms with Gasteiger partial charge in [0.2, 0.25) is 0 Å². The number of rotatable bonds is 3. The highest BCUT2D eigenvalue weighted by molar-refractivity contribution is 5.44. The quantitative estimate of drug-likeness (QED) is 0.674. The van der Waals surface area contributed by atoms with Gasteiger partial charge in [0, 0.05) is 29.6 Å². The van der Waals surface area contributed by atoms with E-state index in [-0.39, 0.29) is 24.2 Å². The minimum absolute atomic E-state index is 0.0488. The number of hydrogen-bond acceptors (Lipinski definition) is 4. The zero-order valence-electron chi connectivity index (χ0n) is 17.5. The standard InChI is InChI=1S/C22H28F3N5/c1-15-12-19(21(2)8-3-10-29(14-21)11-9-26)30-20(27-15)13-18(28-30)16-4-6-17(7-5-16)22(23,24)25/h12-13,16-17H,3-8,10-11,14H2,1-2H3/t16?,17?,21-/m1/s1. The van der Waals surface area contributed by atoms with Crippen molar-refractivity contribution in [2.45, 2.75) is 69.9 Å². The molecule has 4 rings (SSSR count). The normalized spacial score (nSPS) is 28.5. The van der Waals surface area contributed by atoms with E-state index in [1.54, 1.807) is 0 Å². The molecule has 0 amide bonds. The highest BCUT2D eigenvalue weighted by Gasteiger charge is 2.42. The summed E-state index contributed by atoms with van der Waals surface area (Å²) in [7, 11) is 0. The lowest BCUT2D eigenvalue weighted by atomic mass is 9.78. The van der Waals surface area contributed by atoms with Crippen molar-refractivity contribution in [2.24, 2.45) is 5.92 Å². The van der Waals surface area contributed by atoms with E-state index < -0.39 is 12.1 Å². The predicted molar refractivity (Wildman–Crippen MR) is 107 cm³/mol. The molecule has 8 heteroatoms. The van der Waals surface area contributed by atoms with Gasteiger partial charge in [-0.1, -0.05) is 6.92 Å². The summed E-state index contributed by atoms with van der Waals surface area (Å²) in [4.78, 5) is 6.82. The molecule has 1 atom stereocenters. The number of halogens is 3. The summed E-state index contributed by atoms with van der Waals surface area (Å²) in [5, 5.41) is 13.9. The third-order valence-corrected chi connectivity index (χ3v) is 6.87. The second kappa shape index (κ2) is 7.84. The summed E-state index contributed by atoms with van der Waals surface area (Å²) in [5.41, 5.74) is 3.43. The maximum absolute atomic E-state index is 13.0. The van der Waals surface area contributed by atoms with Gasteiger partial charge in [-0.3, -0.25) is 4.90 Å². The van der Waals surface area contributed by atoms with Crippen molar-refractivity contribution >= 4 is 5.65 Å². The average Bonchev–Trinajstić information content (AvgIpc) is 3.11. The maximum atomic E-state index is 13.0. The van der Waals surface area contributed by atoms with E-state index in [2.05, 4.69) is 28.9 Å². The summed E-state index contributed by atoms with van der Waals surface area (Å²) >= 11 is 0. The van der Waals surface area contributed by atoms with Crippen molar-refractivity contribution in [2.75, 3.05) is 19.6 Å². The van der Waals surface area contributed by atoms with Crippen molar-refractivity contribution in [3.8, 4) is 6.07 Å². The molecule has 0 radical (unpaired) electrons. The Kier molecular flexibility index (Phi) is 5.52. The lowest BCUT2D eigenvalue weighted by molar-refractivity contribution is -0.182. The molecule has 2 aliphatic rings. The van der Waals surface area contributed by atoms with Crippen molar-refractivity contribution in [3.05, 3.63) is 29.2 Å². The molecule has 1 aliphatic heterocycles. The average molecular weight is 419 g/mol. The molecule has 1 saturated carbocycles. The van der Waals surface area contributed by atoms with E-state index in [1.165, 1.54) is 0 Å². The fourth-order valence-electron chi connectivity index (χ4n) is 5.25. The molecular weight excluding hydrogens is 391 g/mol. The van der Waals surface area contributed by atoms with Gasteiger partial charge in [-0.15, -0.1) is 0 Å². The second-order valence-corrected chi connectivity index (χ2v) is 9.25. The van der Waals surface area contributed by atoms with Crippen LogP contribution in [-0.2, 0) is 5.41 Å². The Morgan fingerprint density at radius 2 is 1.97 bits per heavy atom. The molecular formula is C22H28F3N5. The van der Waals surface area contributed by atoms with Crippen LogP contribution >= 0.6 is 0 Å². The second-order valence-electron chi connectivity index (χ2n) is 9.25. The summed E-state index contributed by atoms with van der Waals surface area (Å²) in [6, 6.07) is 6.27. The first kappa shape index (κ1) is 21.1. The molecule has 0 bridgehead atoms. The summed E-state index contributed by atoms with van der Waals surface area (Å²) in [6.07, 6.45) is -0.730. The van der Waals surface area contributed by atoms with E-state index >= 15 is 0 Å². The summed E-state index contributed by atoms with van der Waals surface area (Å²) in [6.45, 7) is 6.29. The minimum Gasteiger partial charge on any atom is -0.290 e. The largest absolute Gasteiger partial charge is 0.391 e. The highest BCUT2D eigenvalue weighted by Crippen LogP contribution is 2.43. The van der Waals surface area contributed by atoms with E-state index in [0.717, 1.165) is 48.7 Å². The number of aromatic nitrogens is 3. The third-order valence-electron chi connectivity index (χ3n) is 6.87. The number of aryl methyl sites for hydroxylation is 1. The van der Waals surface area contributed by atoms with Crippen LogP contribution in [0.4, 0.5) is 13.2 Å². The highest BCUT2D eigenvalue weighted by atomic mass is 19.4. The number of hydrogen-bond donors (Lipinski definition) is 0. The zero-order valence-corrected chi connectivity index (χ0v) is 17.5. The summed E-state index contributed by atoms with van der Waals surface area (Å²) < 4.78 is 40.9. The fraction of sp³-hybridized carbons (Fsp3) is 0.682. The smallest absolute Gasteiger partial charge is 0.290 e. The number of likely N-dealkylation sites (tertiary alicyclic amines) is 1. The van der Waals surface area contributed by atoms with Gasteiger partial charge in [-0.25, -0.2) is 9.50 Å². The van der Waals surface area contributed by atoms with E-state index in [4.69, 9.17) is 10.4 Å². The molecule has 0 unspecified atom stereocenters. The van der Waals surface area contributed by atoms with Gasteiger partial charge in [0.05, 0.1) is 29.9 Å². The summed E-state index contributed by atoms with van der Waals surface area (Å²) in [5.74, 6) is -1.14. The molecule has 30 heavy (non-hydrogen) atoms. The molecule has 0 spiro atoms. The van der Waals surface area contributed by atoms with Crippen LogP contribution < -0.4 is 0 Å². The molecule has 5 nitrogen and oxygen atoms in total. The number of alkyl halides is 3. The minimum atomic E-state index is -4.10. The molecule has 2 fully saturated rings. The van der Waals surface area contributed by atoms with Crippen LogP contribution in [-0.4, -0.2) is 45.3 Å². The van der Waals surface area contributed by atoms with Crippen molar-refractivity contribution < 1.29 is 13.2 Å². The van der Waals surface area contributed by atoms with Gasteiger partial charge in [0.1, 0.15) is 0 Å². The van der Waals surface area contributed by atoms with Crippen LogP contribution in [0.25, 0.3) is 5.65 Å². The van der Waals surface area contributed by atoms with Crippen LogP contribution in [0.3, 0.4) is 0 Å². The van der Waals surface area contributed by atoms with E-state index in [1.807, 2.05) is 17.5 Å². The van der Waals surface area contributed by atoms with Crippen LogP contribution in [0, 0.1) is 24.2 Å². The fourth-order valence-corrected chi connectivity index (χ4v) is 5.25. The lowest BCUT2D eigenvalue weighted by Crippen LogP contribution is -2.45.